The maximum atomic E-state index is 13.1. The van der Waals surface area contributed by atoms with Crippen molar-refractivity contribution >= 4 is 42.3 Å². The molecular weight excluding hydrogens is 568 g/mol. The summed E-state index contributed by atoms with van der Waals surface area (Å²) in [5.41, 5.74) is 3.07. The van der Waals surface area contributed by atoms with Crippen LogP contribution in [0.15, 0.2) is 54.6 Å². The third-order valence-corrected chi connectivity index (χ3v) is 7.85. The Kier molecular flexibility index (Phi) is 12.7. The summed E-state index contributed by atoms with van der Waals surface area (Å²) < 4.78 is 19.3. The molecule has 2 fully saturated rings. The SMILES string of the molecule is Cl.Cl.O=C(C[C@@H]1CCN2C[C@@H]1/C=C/COc1ccc(N3CCNCC3)cc1CNCC2=O)NCc1ccc(F)cc1. The van der Waals surface area contributed by atoms with Gasteiger partial charge in [-0.1, -0.05) is 24.3 Å². The second-order valence-corrected chi connectivity index (χ2v) is 10.5. The first-order valence-corrected chi connectivity index (χ1v) is 13.9. The maximum Gasteiger partial charge on any atom is 0.236 e. The number of piperazine rings is 1. The lowest BCUT2D eigenvalue weighted by Crippen LogP contribution is -2.47. The van der Waals surface area contributed by atoms with Crippen LogP contribution in [0.4, 0.5) is 10.1 Å². The zero-order chi connectivity index (χ0) is 27.0. The van der Waals surface area contributed by atoms with Crippen molar-refractivity contribution < 1.29 is 18.7 Å². The zero-order valence-corrected chi connectivity index (χ0v) is 24.8. The molecule has 3 aliphatic heterocycles. The molecule has 41 heavy (non-hydrogen) atoms. The highest BCUT2D eigenvalue weighted by Gasteiger charge is 2.31. The van der Waals surface area contributed by atoms with E-state index >= 15 is 0 Å². The van der Waals surface area contributed by atoms with E-state index in [0.717, 1.165) is 49.5 Å². The minimum Gasteiger partial charge on any atom is -0.489 e. The number of carbonyl (C=O) groups is 2. The number of rotatable bonds is 5. The molecule has 3 N–H and O–H groups in total. The lowest BCUT2D eigenvalue weighted by atomic mass is 9.82. The van der Waals surface area contributed by atoms with Crippen LogP contribution in [0.25, 0.3) is 0 Å². The average molecular weight is 609 g/mol. The van der Waals surface area contributed by atoms with Crippen LogP contribution in [0.2, 0.25) is 0 Å². The molecule has 3 heterocycles. The van der Waals surface area contributed by atoms with Crippen molar-refractivity contribution in [3.8, 4) is 5.75 Å². The van der Waals surface area contributed by atoms with Gasteiger partial charge in [0.05, 0.1) is 6.54 Å². The van der Waals surface area contributed by atoms with Crippen molar-refractivity contribution in [2.24, 2.45) is 11.8 Å². The van der Waals surface area contributed by atoms with Gasteiger partial charge in [0.1, 0.15) is 18.2 Å². The first kappa shape index (κ1) is 32.7. The van der Waals surface area contributed by atoms with E-state index in [1.54, 1.807) is 12.1 Å². The first-order chi connectivity index (χ1) is 19.0. The number of hydrogen-bond acceptors (Lipinski definition) is 6. The fraction of sp³-hybridized carbons (Fsp3) is 0.467. The Morgan fingerprint density at radius 3 is 2.56 bits per heavy atom. The van der Waals surface area contributed by atoms with Gasteiger partial charge in [0, 0.05) is 70.0 Å². The predicted octanol–water partition coefficient (Wildman–Crippen LogP) is 3.29. The number of piperidine rings is 1. The van der Waals surface area contributed by atoms with E-state index in [1.807, 2.05) is 17.0 Å². The summed E-state index contributed by atoms with van der Waals surface area (Å²) in [5, 5.41) is 9.68. The van der Waals surface area contributed by atoms with Crippen molar-refractivity contribution in [3.05, 3.63) is 71.6 Å². The summed E-state index contributed by atoms with van der Waals surface area (Å²) in [6.45, 7) is 6.72. The molecule has 2 saturated heterocycles. The Labute approximate surface area is 253 Å². The number of ether oxygens (including phenoxy) is 1. The topological polar surface area (TPSA) is 85.9 Å². The quantitative estimate of drug-likeness (QED) is 0.452. The number of hydrogen-bond donors (Lipinski definition) is 3. The molecule has 2 bridgehead atoms. The number of anilines is 1. The van der Waals surface area contributed by atoms with Gasteiger partial charge in [-0.2, -0.15) is 0 Å². The summed E-state index contributed by atoms with van der Waals surface area (Å²) in [4.78, 5) is 30.1. The summed E-state index contributed by atoms with van der Waals surface area (Å²) in [7, 11) is 0. The normalized spacial score (nSPS) is 21.8. The molecule has 0 aromatic heterocycles. The van der Waals surface area contributed by atoms with Gasteiger partial charge in [0.25, 0.3) is 0 Å². The average Bonchev–Trinajstić information content (AvgIpc) is 2.97. The molecule has 11 heteroatoms. The third-order valence-electron chi connectivity index (χ3n) is 7.85. The molecule has 0 aliphatic carbocycles. The number of nitrogens with one attached hydrogen (secondary N) is 3. The fourth-order valence-electron chi connectivity index (χ4n) is 5.59. The van der Waals surface area contributed by atoms with Crippen LogP contribution in [-0.2, 0) is 22.7 Å². The number of halogens is 3. The van der Waals surface area contributed by atoms with Crippen LogP contribution >= 0.6 is 24.8 Å². The van der Waals surface area contributed by atoms with E-state index < -0.39 is 0 Å². The standard InChI is InChI=1S/C30H38FN5O3.2ClH/c31-26-5-3-22(4-6-26)18-34-29(37)17-23-9-12-36-21-24(23)2-1-15-39-28-8-7-27(35-13-10-32-11-14-35)16-25(28)19-33-20-30(36)38;;/h1-8,16,23-24,32-33H,9-15,17-21H2,(H,34,37);2*1H/b2-1+;;/t23-,24-;;/m0../s1. The van der Waals surface area contributed by atoms with Crippen molar-refractivity contribution in [1.29, 1.82) is 0 Å². The van der Waals surface area contributed by atoms with Gasteiger partial charge in [-0.25, -0.2) is 4.39 Å². The highest BCUT2D eigenvalue weighted by atomic mass is 35.5. The smallest absolute Gasteiger partial charge is 0.236 e. The van der Waals surface area contributed by atoms with Crippen LogP contribution in [-0.4, -0.2) is 69.1 Å². The van der Waals surface area contributed by atoms with Crippen molar-refractivity contribution in [1.82, 2.24) is 20.9 Å². The van der Waals surface area contributed by atoms with E-state index in [4.69, 9.17) is 4.74 Å². The van der Waals surface area contributed by atoms with Gasteiger partial charge in [0.15, 0.2) is 0 Å². The summed E-state index contributed by atoms with van der Waals surface area (Å²) in [6.07, 6.45) is 5.27. The van der Waals surface area contributed by atoms with Crippen LogP contribution in [0.5, 0.6) is 5.75 Å². The number of amides is 2. The molecule has 5 rings (SSSR count). The lowest BCUT2D eigenvalue weighted by Gasteiger charge is -2.37. The Balaban J connectivity index is 0.00000231. The second kappa shape index (κ2) is 16.0. The van der Waals surface area contributed by atoms with Gasteiger partial charge < -0.3 is 30.5 Å². The van der Waals surface area contributed by atoms with E-state index in [9.17, 15) is 14.0 Å². The van der Waals surface area contributed by atoms with Gasteiger partial charge in [-0.05, 0) is 54.2 Å². The van der Waals surface area contributed by atoms with Gasteiger partial charge in [-0.3, -0.25) is 9.59 Å². The molecule has 0 unspecified atom stereocenters. The van der Waals surface area contributed by atoms with E-state index in [2.05, 4.69) is 39.1 Å². The molecule has 2 aromatic carbocycles. The molecule has 8 nitrogen and oxygen atoms in total. The molecule has 0 spiro atoms. The molecular formula is C30H40Cl2FN5O3. The Bertz CT molecular complexity index is 1180. The van der Waals surface area contributed by atoms with Crippen LogP contribution in [0.3, 0.4) is 0 Å². The highest BCUT2D eigenvalue weighted by molar-refractivity contribution is 5.85. The molecule has 2 amide bonds. The number of fused-ring (bicyclic) bond motifs is 3. The van der Waals surface area contributed by atoms with E-state index in [0.29, 0.717) is 39.2 Å². The first-order valence-electron chi connectivity index (χ1n) is 13.9. The van der Waals surface area contributed by atoms with Crippen molar-refractivity contribution in [2.75, 3.05) is 57.3 Å². The summed E-state index contributed by atoms with van der Waals surface area (Å²) >= 11 is 0. The van der Waals surface area contributed by atoms with Gasteiger partial charge in [0.2, 0.25) is 11.8 Å². The monoisotopic (exact) mass is 607 g/mol. The minimum absolute atomic E-state index is 0. The number of carbonyl (C=O) groups excluding carboxylic acids is 2. The Morgan fingerprint density at radius 2 is 1.78 bits per heavy atom. The van der Waals surface area contributed by atoms with Gasteiger partial charge >= 0.3 is 0 Å². The van der Waals surface area contributed by atoms with E-state index in [-0.39, 0.29) is 60.8 Å². The molecule has 224 valence electrons. The lowest BCUT2D eigenvalue weighted by molar-refractivity contribution is -0.132. The van der Waals surface area contributed by atoms with Crippen LogP contribution in [0.1, 0.15) is 24.0 Å². The fourth-order valence-corrected chi connectivity index (χ4v) is 5.59. The third kappa shape index (κ3) is 9.07. The predicted molar refractivity (Wildman–Crippen MR) is 163 cm³/mol. The Hall–Kier alpha value is -2.85. The Morgan fingerprint density at radius 1 is 1.00 bits per heavy atom. The highest BCUT2D eigenvalue weighted by Crippen LogP contribution is 2.29. The minimum atomic E-state index is -0.293. The summed E-state index contributed by atoms with van der Waals surface area (Å²) in [5.74, 6) is 0.764. The van der Waals surface area contributed by atoms with Crippen LogP contribution < -0.4 is 25.6 Å². The summed E-state index contributed by atoms with van der Waals surface area (Å²) in [6, 6.07) is 12.4. The molecule has 2 aromatic rings. The molecule has 2 atom stereocenters. The second-order valence-electron chi connectivity index (χ2n) is 10.5. The maximum absolute atomic E-state index is 13.1. The zero-order valence-electron chi connectivity index (χ0n) is 23.1. The molecule has 0 radical (unpaired) electrons. The van der Waals surface area contributed by atoms with E-state index in [1.165, 1.54) is 17.8 Å². The molecule has 0 saturated carbocycles. The van der Waals surface area contributed by atoms with Gasteiger partial charge in [-0.15, -0.1) is 24.8 Å². The number of nitrogens with zero attached hydrogens (tertiary/aromatic N) is 2. The van der Waals surface area contributed by atoms with Crippen molar-refractivity contribution in [3.63, 3.8) is 0 Å². The largest absolute Gasteiger partial charge is 0.489 e. The van der Waals surface area contributed by atoms with Crippen LogP contribution in [0, 0.1) is 17.7 Å². The number of benzene rings is 2. The van der Waals surface area contributed by atoms with Crippen molar-refractivity contribution in [2.45, 2.75) is 25.9 Å². The molecule has 3 aliphatic rings.